The molecule has 1 atom stereocenters. The number of hydrogen-bond acceptors (Lipinski definition) is 2. The molecule has 0 aromatic heterocycles. The fraction of sp³-hybridized carbons (Fsp3) is 0.538. The smallest absolute Gasteiger partial charge is 0.124 e. The van der Waals surface area contributed by atoms with E-state index in [0.29, 0.717) is 6.04 Å². The van der Waals surface area contributed by atoms with Crippen LogP contribution in [0.1, 0.15) is 31.4 Å². The molecule has 2 rings (SSSR count). The van der Waals surface area contributed by atoms with Gasteiger partial charge < -0.3 is 10.1 Å². The maximum atomic E-state index is 13.0. The van der Waals surface area contributed by atoms with Crippen LogP contribution in [0.15, 0.2) is 22.7 Å². The Morgan fingerprint density at radius 3 is 2.76 bits per heavy atom. The highest BCUT2D eigenvalue weighted by molar-refractivity contribution is 9.10. The zero-order valence-electron chi connectivity index (χ0n) is 9.88. The average Bonchev–Trinajstić information content (AvgIpc) is 2.30. The third-order valence-electron chi connectivity index (χ3n) is 3.14. The van der Waals surface area contributed by atoms with Crippen LogP contribution in [0.4, 0.5) is 4.39 Å². The molecule has 1 aliphatic rings. The second-order valence-corrected chi connectivity index (χ2v) is 5.30. The van der Waals surface area contributed by atoms with Gasteiger partial charge in [-0.15, -0.1) is 0 Å². The van der Waals surface area contributed by atoms with Crippen molar-refractivity contribution in [3.8, 4) is 0 Å². The van der Waals surface area contributed by atoms with E-state index in [1.807, 2.05) is 6.07 Å². The summed E-state index contributed by atoms with van der Waals surface area (Å²) in [6, 6.07) is 5.56. The van der Waals surface area contributed by atoms with Crippen molar-refractivity contribution in [2.45, 2.75) is 31.8 Å². The van der Waals surface area contributed by atoms with Crippen LogP contribution in [0.25, 0.3) is 0 Å². The van der Waals surface area contributed by atoms with Crippen LogP contribution in [-0.2, 0) is 4.74 Å². The first-order chi connectivity index (χ1) is 8.16. The van der Waals surface area contributed by atoms with Crippen molar-refractivity contribution in [1.29, 1.82) is 0 Å². The number of rotatable bonds is 3. The molecule has 1 aromatic carbocycles. The Kier molecular flexibility index (Phi) is 4.54. The van der Waals surface area contributed by atoms with E-state index in [4.69, 9.17) is 4.74 Å². The third kappa shape index (κ3) is 3.50. The second-order valence-electron chi connectivity index (χ2n) is 4.44. The molecule has 0 saturated carbocycles. The van der Waals surface area contributed by atoms with Gasteiger partial charge in [0, 0.05) is 29.8 Å². The maximum Gasteiger partial charge on any atom is 0.124 e. The van der Waals surface area contributed by atoms with Gasteiger partial charge in [0.25, 0.3) is 0 Å². The molecule has 0 radical (unpaired) electrons. The lowest BCUT2D eigenvalue weighted by atomic mass is 10.0. The van der Waals surface area contributed by atoms with E-state index >= 15 is 0 Å². The molecule has 0 amide bonds. The first-order valence-corrected chi connectivity index (χ1v) is 6.75. The summed E-state index contributed by atoms with van der Waals surface area (Å²) in [5, 5.41) is 3.56. The van der Waals surface area contributed by atoms with E-state index in [-0.39, 0.29) is 11.9 Å². The van der Waals surface area contributed by atoms with Crippen LogP contribution in [0.5, 0.6) is 0 Å². The van der Waals surface area contributed by atoms with Crippen LogP contribution in [0.3, 0.4) is 0 Å². The summed E-state index contributed by atoms with van der Waals surface area (Å²) in [5.41, 5.74) is 1.10. The molecule has 0 bridgehead atoms. The van der Waals surface area contributed by atoms with Crippen molar-refractivity contribution >= 4 is 15.9 Å². The van der Waals surface area contributed by atoms with Crippen molar-refractivity contribution < 1.29 is 9.13 Å². The molecular formula is C13H17BrFNO. The fourth-order valence-corrected chi connectivity index (χ4v) is 2.85. The first-order valence-electron chi connectivity index (χ1n) is 5.95. The lowest BCUT2D eigenvalue weighted by molar-refractivity contribution is 0.0754. The molecule has 1 heterocycles. The zero-order valence-corrected chi connectivity index (χ0v) is 11.5. The molecule has 0 aliphatic carbocycles. The topological polar surface area (TPSA) is 21.3 Å². The normalized spacial score (nSPS) is 19.2. The molecule has 1 aliphatic heterocycles. The summed E-state index contributed by atoms with van der Waals surface area (Å²) in [6.45, 7) is 3.76. The Morgan fingerprint density at radius 1 is 1.41 bits per heavy atom. The van der Waals surface area contributed by atoms with Gasteiger partial charge in [0.2, 0.25) is 0 Å². The van der Waals surface area contributed by atoms with Crippen LogP contribution in [0.2, 0.25) is 0 Å². The van der Waals surface area contributed by atoms with Gasteiger partial charge in [-0.2, -0.15) is 0 Å². The summed E-state index contributed by atoms with van der Waals surface area (Å²) in [5.74, 6) is -0.209. The van der Waals surface area contributed by atoms with Crippen molar-refractivity contribution in [2.75, 3.05) is 13.2 Å². The molecule has 1 aromatic rings. The Bertz CT molecular complexity index is 380. The van der Waals surface area contributed by atoms with Gasteiger partial charge >= 0.3 is 0 Å². The van der Waals surface area contributed by atoms with E-state index < -0.39 is 0 Å². The summed E-state index contributed by atoms with van der Waals surface area (Å²) >= 11 is 3.41. The highest BCUT2D eigenvalue weighted by Crippen LogP contribution is 2.25. The summed E-state index contributed by atoms with van der Waals surface area (Å²) in [4.78, 5) is 0. The summed E-state index contributed by atoms with van der Waals surface area (Å²) < 4.78 is 19.2. The molecular weight excluding hydrogens is 285 g/mol. The molecule has 4 heteroatoms. The second kappa shape index (κ2) is 5.94. The van der Waals surface area contributed by atoms with Gasteiger partial charge in [0.15, 0.2) is 0 Å². The molecule has 1 saturated heterocycles. The Hall–Kier alpha value is -0.450. The van der Waals surface area contributed by atoms with Crippen LogP contribution >= 0.6 is 15.9 Å². The largest absolute Gasteiger partial charge is 0.381 e. The Labute approximate surface area is 110 Å². The van der Waals surface area contributed by atoms with E-state index in [1.165, 1.54) is 12.1 Å². The van der Waals surface area contributed by atoms with Gasteiger partial charge in [-0.25, -0.2) is 4.39 Å². The highest BCUT2D eigenvalue weighted by atomic mass is 79.9. The standard InChI is InChI=1S/C13H17BrFNO/c1-9(16-11-4-6-17-7-5-11)12-3-2-10(15)8-13(12)14/h2-3,8-9,11,16H,4-7H2,1H3. The maximum absolute atomic E-state index is 13.0. The molecule has 1 fully saturated rings. The van der Waals surface area contributed by atoms with Gasteiger partial charge in [-0.3, -0.25) is 0 Å². The monoisotopic (exact) mass is 301 g/mol. The van der Waals surface area contributed by atoms with Crippen molar-refractivity contribution in [2.24, 2.45) is 0 Å². The van der Waals surface area contributed by atoms with Crippen LogP contribution < -0.4 is 5.32 Å². The fourth-order valence-electron chi connectivity index (χ4n) is 2.16. The quantitative estimate of drug-likeness (QED) is 0.924. The SMILES string of the molecule is CC(NC1CCOCC1)c1ccc(F)cc1Br. The molecule has 94 valence electrons. The molecule has 2 nitrogen and oxygen atoms in total. The summed E-state index contributed by atoms with van der Waals surface area (Å²) in [7, 11) is 0. The van der Waals surface area contributed by atoms with E-state index in [0.717, 1.165) is 36.1 Å². The number of nitrogens with one attached hydrogen (secondary N) is 1. The zero-order chi connectivity index (χ0) is 12.3. The van der Waals surface area contributed by atoms with Crippen molar-refractivity contribution in [1.82, 2.24) is 5.32 Å². The number of benzene rings is 1. The van der Waals surface area contributed by atoms with E-state index in [9.17, 15) is 4.39 Å². The van der Waals surface area contributed by atoms with E-state index in [2.05, 4.69) is 28.2 Å². The number of ether oxygens (including phenoxy) is 1. The Balaban J connectivity index is 2.00. The highest BCUT2D eigenvalue weighted by Gasteiger charge is 2.17. The van der Waals surface area contributed by atoms with Crippen LogP contribution in [0, 0.1) is 5.82 Å². The van der Waals surface area contributed by atoms with Gasteiger partial charge in [0.1, 0.15) is 5.82 Å². The predicted molar refractivity (Wildman–Crippen MR) is 69.5 cm³/mol. The average molecular weight is 302 g/mol. The molecule has 17 heavy (non-hydrogen) atoms. The number of halogens is 2. The number of hydrogen-bond donors (Lipinski definition) is 1. The Morgan fingerprint density at radius 2 is 2.12 bits per heavy atom. The van der Waals surface area contributed by atoms with Gasteiger partial charge in [-0.1, -0.05) is 22.0 Å². The molecule has 1 unspecified atom stereocenters. The predicted octanol–water partition coefficient (Wildman–Crippen LogP) is 3.42. The van der Waals surface area contributed by atoms with E-state index in [1.54, 1.807) is 0 Å². The summed E-state index contributed by atoms with van der Waals surface area (Å²) in [6.07, 6.45) is 2.09. The van der Waals surface area contributed by atoms with Crippen molar-refractivity contribution in [3.63, 3.8) is 0 Å². The van der Waals surface area contributed by atoms with Gasteiger partial charge in [0.05, 0.1) is 0 Å². The minimum absolute atomic E-state index is 0.209. The first kappa shape index (κ1) is 13.0. The third-order valence-corrected chi connectivity index (χ3v) is 3.82. The molecule has 1 N–H and O–H groups in total. The lowest BCUT2D eigenvalue weighted by Gasteiger charge is -2.27. The van der Waals surface area contributed by atoms with Gasteiger partial charge in [-0.05, 0) is 37.5 Å². The minimum atomic E-state index is -0.209. The van der Waals surface area contributed by atoms with Crippen LogP contribution in [-0.4, -0.2) is 19.3 Å². The minimum Gasteiger partial charge on any atom is -0.381 e. The van der Waals surface area contributed by atoms with Crippen molar-refractivity contribution in [3.05, 3.63) is 34.1 Å². The lowest BCUT2D eigenvalue weighted by Crippen LogP contribution is -2.36. The molecule has 0 spiro atoms.